The summed E-state index contributed by atoms with van der Waals surface area (Å²) in [5.41, 5.74) is 4.23. The molecule has 0 spiro atoms. The highest BCUT2D eigenvalue weighted by Crippen LogP contribution is 2.33. The van der Waals surface area contributed by atoms with Gasteiger partial charge in [-0.25, -0.2) is 4.79 Å². The van der Waals surface area contributed by atoms with Crippen LogP contribution in [0.3, 0.4) is 0 Å². The summed E-state index contributed by atoms with van der Waals surface area (Å²) in [5.74, 6) is 2.28. The summed E-state index contributed by atoms with van der Waals surface area (Å²) in [6.45, 7) is 12.9. The third-order valence-electron chi connectivity index (χ3n) is 6.47. The maximum atomic E-state index is 11.9. The molecule has 0 aliphatic carbocycles. The number of rotatable bonds is 17. The van der Waals surface area contributed by atoms with Gasteiger partial charge in [0.05, 0.1) is 18.6 Å². The molecule has 0 radical (unpaired) electrons. The van der Waals surface area contributed by atoms with Gasteiger partial charge in [0.2, 0.25) is 0 Å². The summed E-state index contributed by atoms with van der Waals surface area (Å²) in [5, 5.41) is 0. The summed E-state index contributed by atoms with van der Waals surface area (Å²) >= 11 is 8.99. The van der Waals surface area contributed by atoms with Gasteiger partial charge in [-0.1, -0.05) is 57.7 Å². The van der Waals surface area contributed by atoms with Gasteiger partial charge in [0.1, 0.15) is 18.1 Å². The van der Waals surface area contributed by atoms with Gasteiger partial charge in [-0.2, -0.15) is 25.3 Å². The minimum atomic E-state index is -0.500. The zero-order chi connectivity index (χ0) is 27.3. The number of esters is 1. The third-order valence-corrected chi connectivity index (χ3v) is 7.81. The molecule has 0 aliphatic heterocycles. The van der Waals surface area contributed by atoms with E-state index in [1.54, 1.807) is 6.92 Å². The van der Waals surface area contributed by atoms with E-state index in [2.05, 4.69) is 63.0 Å². The smallest absolute Gasteiger partial charge is 0.333 e. The Bertz CT molecular complexity index is 974. The lowest BCUT2D eigenvalue weighted by molar-refractivity contribution is -0.142. The van der Waals surface area contributed by atoms with Crippen molar-refractivity contribution in [1.29, 1.82) is 0 Å². The van der Waals surface area contributed by atoms with Gasteiger partial charge in [-0.05, 0) is 73.7 Å². The lowest BCUT2D eigenvalue weighted by Gasteiger charge is -2.30. The van der Waals surface area contributed by atoms with E-state index >= 15 is 0 Å². The highest BCUT2D eigenvalue weighted by molar-refractivity contribution is 7.81. The number of hydrogen-bond acceptors (Lipinski definition) is 6. The fourth-order valence-corrected chi connectivity index (χ4v) is 4.77. The zero-order valence-corrected chi connectivity index (χ0v) is 24.8. The fraction of sp³-hybridized carbons (Fsp3) is 0.516. The number of unbranched alkanes of at least 4 members (excludes halogenated alkanes) is 5. The first kappa shape index (κ1) is 31.2. The first-order valence-electron chi connectivity index (χ1n) is 13.3. The first-order chi connectivity index (χ1) is 17.7. The SMILES string of the molecule is C=C(C)C(=O)OCC(CS)(CS)COc1c(C)cc(-c2ccc(OCCCCCCCC)cc2)cc1C. The van der Waals surface area contributed by atoms with Crippen LogP contribution in [0.4, 0.5) is 0 Å². The molecule has 0 aliphatic rings. The van der Waals surface area contributed by atoms with Gasteiger partial charge in [0, 0.05) is 17.1 Å². The van der Waals surface area contributed by atoms with E-state index in [0.717, 1.165) is 46.8 Å². The van der Waals surface area contributed by atoms with E-state index in [1.807, 2.05) is 26.0 Å². The van der Waals surface area contributed by atoms with Crippen molar-refractivity contribution in [1.82, 2.24) is 0 Å². The molecular weight excluding hydrogens is 500 g/mol. The van der Waals surface area contributed by atoms with Crippen LogP contribution < -0.4 is 9.47 Å². The van der Waals surface area contributed by atoms with E-state index < -0.39 is 11.4 Å². The van der Waals surface area contributed by atoms with Crippen LogP contribution in [0.1, 0.15) is 63.5 Å². The molecular formula is C31H44O4S2. The fourth-order valence-electron chi connectivity index (χ4n) is 4.00. The summed E-state index contributed by atoms with van der Waals surface area (Å²) < 4.78 is 17.6. The van der Waals surface area contributed by atoms with Crippen LogP contribution in [0.25, 0.3) is 11.1 Å². The average Bonchev–Trinajstić information content (AvgIpc) is 2.89. The minimum absolute atomic E-state index is 0.176. The quantitative estimate of drug-likeness (QED) is 0.0915. The number of ether oxygens (including phenoxy) is 3. The van der Waals surface area contributed by atoms with Crippen molar-refractivity contribution in [3.05, 3.63) is 59.7 Å². The van der Waals surface area contributed by atoms with Crippen LogP contribution in [-0.4, -0.2) is 37.3 Å². The van der Waals surface area contributed by atoms with Crippen molar-refractivity contribution < 1.29 is 19.0 Å². The van der Waals surface area contributed by atoms with Crippen molar-refractivity contribution in [2.75, 3.05) is 31.3 Å². The van der Waals surface area contributed by atoms with Gasteiger partial charge in [-0.15, -0.1) is 0 Å². The van der Waals surface area contributed by atoms with Crippen molar-refractivity contribution in [3.63, 3.8) is 0 Å². The molecule has 0 unspecified atom stereocenters. The molecule has 0 atom stereocenters. The van der Waals surface area contributed by atoms with Crippen molar-refractivity contribution in [2.24, 2.45) is 5.41 Å². The van der Waals surface area contributed by atoms with Crippen LogP contribution in [0.2, 0.25) is 0 Å². The lowest BCUT2D eigenvalue weighted by atomic mass is 9.95. The van der Waals surface area contributed by atoms with Gasteiger partial charge in [0.15, 0.2) is 0 Å². The monoisotopic (exact) mass is 544 g/mol. The van der Waals surface area contributed by atoms with Crippen LogP contribution in [-0.2, 0) is 9.53 Å². The molecule has 6 heteroatoms. The molecule has 0 saturated carbocycles. The Hall–Kier alpha value is -2.05. The number of benzene rings is 2. The van der Waals surface area contributed by atoms with Gasteiger partial charge >= 0.3 is 5.97 Å². The number of carbonyl (C=O) groups is 1. The second-order valence-electron chi connectivity index (χ2n) is 10.0. The van der Waals surface area contributed by atoms with Crippen molar-refractivity contribution >= 4 is 31.2 Å². The predicted molar refractivity (Wildman–Crippen MR) is 162 cm³/mol. The zero-order valence-electron chi connectivity index (χ0n) is 23.0. The van der Waals surface area contributed by atoms with Crippen LogP contribution in [0.5, 0.6) is 11.5 Å². The van der Waals surface area contributed by atoms with Crippen LogP contribution in [0.15, 0.2) is 48.6 Å². The molecule has 0 aromatic heterocycles. The molecule has 0 N–H and O–H groups in total. The topological polar surface area (TPSA) is 44.8 Å². The largest absolute Gasteiger partial charge is 0.494 e. The second-order valence-corrected chi connectivity index (χ2v) is 10.7. The van der Waals surface area contributed by atoms with Crippen LogP contribution in [0, 0.1) is 19.3 Å². The Kier molecular flexibility index (Phi) is 13.5. The highest BCUT2D eigenvalue weighted by Gasteiger charge is 2.31. The predicted octanol–water partition coefficient (Wildman–Crippen LogP) is 8.05. The molecule has 0 fully saturated rings. The Labute approximate surface area is 235 Å². The lowest BCUT2D eigenvalue weighted by Crippen LogP contribution is -2.38. The van der Waals surface area contributed by atoms with Crippen LogP contribution >= 0.6 is 25.3 Å². The molecule has 2 aromatic carbocycles. The molecule has 2 aromatic rings. The summed E-state index contributed by atoms with van der Waals surface area (Å²) in [4.78, 5) is 11.9. The van der Waals surface area contributed by atoms with E-state index in [9.17, 15) is 4.79 Å². The third kappa shape index (κ3) is 9.97. The number of aryl methyl sites for hydroxylation is 2. The molecule has 0 amide bonds. The van der Waals surface area contributed by atoms with E-state index in [-0.39, 0.29) is 6.61 Å². The average molecular weight is 545 g/mol. The Balaban J connectivity index is 1.99. The van der Waals surface area contributed by atoms with Crippen molar-refractivity contribution in [3.8, 4) is 22.6 Å². The van der Waals surface area contributed by atoms with E-state index in [4.69, 9.17) is 14.2 Å². The molecule has 2 rings (SSSR count). The van der Waals surface area contributed by atoms with E-state index in [0.29, 0.717) is 23.7 Å². The second kappa shape index (κ2) is 16.0. The van der Waals surface area contributed by atoms with E-state index in [1.165, 1.54) is 32.1 Å². The van der Waals surface area contributed by atoms with Crippen molar-refractivity contribution in [2.45, 2.75) is 66.2 Å². The number of hydrogen-bond donors (Lipinski definition) is 2. The molecule has 0 heterocycles. The summed E-state index contributed by atoms with van der Waals surface area (Å²) in [6.07, 6.45) is 7.55. The Morgan fingerprint density at radius 2 is 1.46 bits per heavy atom. The number of thiol groups is 2. The minimum Gasteiger partial charge on any atom is -0.494 e. The summed E-state index contributed by atoms with van der Waals surface area (Å²) in [7, 11) is 0. The molecule has 204 valence electrons. The molecule has 4 nitrogen and oxygen atoms in total. The highest BCUT2D eigenvalue weighted by atomic mass is 32.1. The molecule has 0 saturated heterocycles. The normalized spacial score (nSPS) is 11.3. The van der Waals surface area contributed by atoms with Gasteiger partial charge in [0.25, 0.3) is 0 Å². The maximum Gasteiger partial charge on any atom is 0.333 e. The molecule has 37 heavy (non-hydrogen) atoms. The first-order valence-corrected chi connectivity index (χ1v) is 14.5. The molecule has 0 bridgehead atoms. The van der Waals surface area contributed by atoms with Gasteiger partial charge < -0.3 is 14.2 Å². The Morgan fingerprint density at radius 3 is 2.03 bits per heavy atom. The maximum absolute atomic E-state index is 11.9. The summed E-state index contributed by atoms with van der Waals surface area (Å²) in [6, 6.07) is 12.6. The number of carbonyl (C=O) groups excluding carboxylic acids is 1. The standard InChI is InChI=1S/C31H44O4S2/c1-6-7-8-9-10-11-16-33-28-14-12-26(13-15-28)27-17-24(4)29(25(5)18-27)34-19-31(21-36,22-37)20-35-30(32)23(2)3/h12-15,17-18,36-37H,2,6-11,16,19-22H2,1,3-5H3. The Morgan fingerprint density at radius 1 is 0.865 bits per heavy atom. The van der Waals surface area contributed by atoms with Gasteiger partial charge in [-0.3, -0.25) is 0 Å².